The highest BCUT2D eigenvalue weighted by atomic mass is 16.4. The Hall–Kier alpha value is -2.56. The first-order chi connectivity index (χ1) is 11.1. The fourth-order valence-corrected chi connectivity index (χ4v) is 3.24. The van der Waals surface area contributed by atoms with Gasteiger partial charge < -0.3 is 15.3 Å². The molecule has 2 aromatic rings. The minimum absolute atomic E-state index is 0.191. The fraction of sp³-hybridized carbons (Fsp3) is 0.333. The molecule has 1 saturated heterocycles. The van der Waals surface area contributed by atoms with Gasteiger partial charge in [-0.25, -0.2) is 9.59 Å². The van der Waals surface area contributed by atoms with Crippen molar-refractivity contribution in [3.05, 3.63) is 48.0 Å². The molecule has 1 aliphatic rings. The summed E-state index contributed by atoms with van der Waals surface area (Å²) in [6, 6.07) is 12.8. The molecule has 1 fully saturated rings. The molecule has 0 spiro atoms. The normalized spacial score (nSPS) is 18.8. The van der Waals surface area contributed by atoms with Crippen molar-refractivity contribution in [2.24, 2.45) is 0 Å². The number of nitrogens with zero attached hydrogens (tertiary/aromatic N) is 1. The van der Waals surface area contributed by atoms with Crippen LogP contribution >= 0.6 is 0 Å². The zero-order valence-electron chi connectivity index (χ0n) is 13.0. The average Bonchev–Trinajstić information content (AvgIpc) is 3.04. The molecule has 2 N–H and O–H groups in total. The molecule has 5 heteroatoms. The van der Waals surface area contributed by atoms with E-state index in [1.165, 1.54) is 4.90 Å². The number of carboxylic acids is 1. The highest BCUT2D eigenvalue weighted by Gasteiger charge is 2.34. The van der Waals surface area contributed by atoms with Crippen LogP contribution in [0.4, 0.5) is 4.79 Å². The van der Waals surface area contributed by atoms with Crippen LogP contribution in [-0.4, -0.2) is 34.6 Å². The van der Waals surface area contributed by atoms with E-state index in [-0.39, 0.29) is 12.1 Å². The maximum atomic E-state index is 12.4. The first-order valence-corrected chi connectivity index (χ1v) is 7.85. The number of carbonyl (C=O) groups is 2. The molecule has 120 valence electrons. The van der Waals surface area contributed by atoms with E-state index < -0.39 is 12.0 Å². The molecule has 2 atom stereocenters. The summed E-state index contributed by atoms with van der Waals surface area (Å²) in [6.07, 6.45) is 1.25. The van der Waals surface area contributed by atoms with Gasteiger partial charge >= 0.3 is 12.0 Å². The Morgan fingerprint density at radius 3 is 2.74 bits per heavy atom. The van der Waals surface area contributed by atoms with E-state index in [0.717, 1.165) is 22.8 Å². The fourth-order valence-electron chi connectivity index (χ4n) is 3.24. The number of urea groups is 1. The summed E-state index contributed by atoms with van der Waals surface area (Å²) in [7, 11) is 0. The summed E-state index contributed by atoms with van der Waals surface area (Å²) in [5.41, 5.74) is 1.03. The monoisotopic (exact) mass is 312 g/mol. The maximum Gasteiger partial charge on any atom is 0.326 e. The predicted molar refractivity (Wildman–Crippen MR) is 88.3 cm³/mol. The number of benzene rings is 2. The minimum atomic E-state index is -0.935. The molecular weight excluding hydrogens is 292 g/mol. The summed E-state index contributed by atoms with van der Waals surface area (Å²) >= 11 is 0. The molecular formula is C18H20N2O3. The van der Waals surface area contributed by atoms with Gasteiger partial charge in [0.2, 0.25) is 0 Å². The Balaban J connectivity index is 1.79. The zero-order chi connectivity index (χ0) is 16.4. The molecule has 2 amide bonds. The standard InChI is InChI=1S/C18H20N2O3/c1-12(14-9-4-7-13-6-2-3-8-15(13)14)19-18(23)20-11-5-10-16(20)17(21)22/h2-4,6-9,12,16H,5,10-11H2,1H3,(H,19,23)(H,21,22)/t12-,16-/m0/s1. The number of hydrogen-bond donors (Lipinski definition) is 2. The van der Waals surface area contributed by atoms with Crippen molar-refractivity contribution >= 4 is 22.8 Å². The quantitative estimate of drug-likeness (QED) is 0.914. The Kier molecular flexibility index (Phi) is 4.19. The molecule has 1 heterocycles. The molecule has 1 aliphatic heterocycles. The number of amides is 2. The predicted octanol–water partition coefficient (Wildman–Crippen LogP) is 3.16. The zero-order valence-corrected chi connectivity index (χ0v) is 13.0. The molecule has 0 aliphatic carbocycles. The summed E-state index contributed by atoms with van der Waals surface area (Å²) in [5.74, 6) is -0.935. The highest BCUT2D eigenvalue weighted by molar-refractivity contribution is 5.87. The van der Waals surface area contributed by atoms with Crippen molar-refractivity contribution in [1.29, 1.82) is 0 Å². The van der Waals surface area contributed by atoms with Crippen LogP contribution in [0.1, 0.15) is 31.4 Å². The molecule has 0 saturated carbocycles. The molecule has 0 aromatic heterocycles. The topological polar surface area (TPSA) is 69.6 Å². The van der Waals surface area contributed by atoms with E-state index >= 15 is 0 Å². The third-order valence-corrected chi connectivity index (χ3v) is 4.43. The van der Waals surface area contributed by atoms with Gasteiger partial charge in [-0.3, -0.25) is 0 Å². The van der Waals surface area contributed by atoms with Crippen molar-refractivity contribution in [1.82, 2.24) is 10.2 Å². The second kappa shape index (κ2) is 6.28. The van der Waals surface area contributed by atoms with Crippen LogP contribution in [0.2, 0.25) is 0 Å². The Morgan fingerprint density at radius 1 is 1.22 bits per heavy atom. The lowest BCUT2D eigenvalue weighted by Gasteiger charge is -2.25. The Bertz CT molecular complexity index is 739. The summed E-state index contributed by atoms with van der Waals surface area (Å²) < 4.78 is 0. The van der Waals surface area contributed by atoms with Crippen LogP contribution in [0.5, 0.6) is 0 Å². The smallest absolute Gasteiger partial charge is 0.326 e. The molecule has 0 unspecified atom stereocenters. The second-order valence-corrected chi connectivity index (χ2v) is 5.93. The van der Waals surface area contributed by atoms with E-state index in [0.29, 0.717) is 13.0 Å². The number of hydrogen-bond acceptors (Lipinski definition) is 2. The van der Waals surface area contributed by atoms with Crippen LogP contribution < -0.4 is 5.32 Å². The van der Waals surface area contributed by atoms with E-state index in [4.69, 9.17) is 0 Å². The van der Waals surface area contributed by atoms with Crippen LogP contribution in [0, 0.1) is 0 Å². The molecule has 23 heavy (non-hydrogen) atoms. The van der Waals surface area contributed by atoms with Gasteiger partial charge in [0, 0.05) is 6.54 Å². The summed E-state index contributed by atoms with van der Waals surface area (Å²) in [6.45, 7) is 2.41. The number of fused-ring (bicyclic) bond motifs is 1. The number of rotatable bonds is 3. The van der Waals surface area contributed by atoms with Gasteiger partial charge in [0.05, 0.1) is 6.04 Å². The van der Waals surface area contributed by atoms with Gasteiger partial charge in [0.1, 0.15) is 6.04 Å². The third kappa shape index (κ3) is 2.99. The minimum Gasteiger partial charge on any atom is -0.480 e. The SMILES string of the molecule is C[C@H](NC(=O)N1CCC[C@H]1C(=O)O)c1cccc2ccccc12. The summed E-state index contributed by atoms with van der Waals surface area (Å²) in [4.78, 5) is 25.1. The van der Waals surface area contributed by atoms with Crippen LogP contribution in [-0.2, 0) is 4.79 Å². The first-order valence-electron chi connectivity index (χ1n) is 7.85. The maximum absolute atomic E-state index is 12.4. The number of carbonyl (C=O) groups excluding carboxylic acids is 1. The number of nitrogens with one attached hydrogen (secondary N) is 1. The second-order valence-electron chi connectivity index (χ2n) is 5.93. The van der Waals surface area contributed by atoms with Crippen molar-refractivity contribution in [2.75, 3.05) is 6.54 Å². The largest absolute Gasteiger partial charge is 0.480 e. The van der Waals surface area contributed by atoms with Crippen LogP contribution in [0.25, 0.3) is 10.8 Å². The number of carboxylic acid groups (broad SMARTS) is 1. The number of likely N-dealkylation sites (tertiary alicyclic amines) is 1. The highest BCUT2D eigenvalue weighted by Crippen LogP contribution is 2.25. The molecule has 5 nitrogen and oxygen atoms in total. The van der Waals surface area contributed by atoms with E-state index in [1.54, 1.807) is 0 Å². The number of aliphatic carboxylic acids is 1. The lowest BCUT2D eigenvalue weighted by atomic mass is 10.00. The van der Waals surface area contributed by atoms with Gasteiger partial charge in [-0.2, -0.15) is 0 Å². The molecule has 3 rings (SSSR count). The lowest BCUT2D eigenvalue weighted by molar-refractivity contribution is -0.141. The van der Waals surface area contributed by atoms with Crippen molar-refractivity contribution < 1.29 is 14.7 Å². The molecule has 2 aromatic carbocycles. The summed E-state index contributed by atoms with van der Waals surface area (Å²) in [5, 5.41) is 14.4. The lowest BCUT2D eigenvalue weighted by Crippen LogP contribution is -2.46. The van der Waals surface area contributed by atoms with Gasteiger partial charge in [0.25, 0.3) is 0 Å². The van der Waals surface area contributed by atoms with E-state index in [9.17, 15) is 14.7 Å². The molecule has 0 bridgehead atoms. The van der Waals surface area contributed by atoms with E-state index in [2.05, 4.69) is 5.32 Å². The molecule has 0 radical (unpaired) electrons. The Labute approximate surface area is 134 Å². The van der Waals surface area contributed by atoms with Gasteiger partial charge in [-0.1, -0.05) is 42.5 Å². The van der Waals surface area contributed by atoms with Crippen LogP contribution in [0.3, 0.4) is 0 Å². The van der Waals surface area contributed by atoms with Crippen molar-refractivity contribution in [3.8, 4) is 0 Å². The van der Waals surface area contributed by atoms with Crippen molar-refractivity contribution in [3.63, 3.8) is 0 Å². The first kappa shape index (κ1) is 15.3. The van der Waals surface area contributed by atoms with Crippen LogP contribution in [0.15, 0.2) is 42.5 Å². The van der Waals surface area contributed by atoms with E-state index in [1.807, 2.05) is 49.4 Å². The van der Waals surface area contributed by atoms with Gasteiger partial charge in [0.15, 0.2) is 0 Å². The Morgan fingerprint density at radius 2 is 1.96 bits per heavy atom. The van der Waals surface area contributed by atoms with Gasteiger partial charge in [-0.05, 0) is 36.1 Å². The van der Waals surface area contributed by atoms with Crippen molar-refractivity contribution in [2.45, 2.75) is 31.8 Å². The third-order valence-electron chi connectivity index (χ3n) is 4.43. The van der Waals surface area contributed by atoms with Gasteiger partial charge in [-0.15, -0.1) is 0 Å². The average molecular weight is 312 g/mol.